The fourth-order valence-corrected chi connectivity index (χ4v) is 6.95. The van der Waals surface area contributed by atoms with Gasteiger partial charge in [-0.25, -0.2) is 0 Å². The van der Waals surface area contributed by atoms with Gasteiger partial charge in [-0.3, -0.25) is 58.0 Å². The van der Waals surface area contributed by atoms with E-state index in [1.807, 2.05) is 19.6 Å². The lowest BCUT2D eigenvalue weighted by Crippen LogP contribution is -2.64. The van der Waals surface area contributed by atoms with Crippen LogP contribution in [0, 0.1) is 0 Å². The Balaban J connectivity index is 2.24. The van der Waals surface area contributed by atoms with Crippen molar-refractivity contribution in [3.63, 3.8) is 0 Å². The topological polar surface area (TPSA) is 247 Å². The van der Waals surface area contributed by atoms with Crippen molar-refractivity contribution in [2.24, 2.45) is 0 Å². The number of hydrogen-bond acceptors (Lipinski definition) is 21. The first-order valence-electron chi connectivity index (χ1n) is 22.3. The molecule has 66 heavy (non-hydrogen) atoms. The number of ether oxygens (including phenoxy) is 8. The standard InChI is InChI=1S/C44H76N6O16/c1-29(51)59-38-33(63-41(62-32(4)54)40(61-31(3)53)39(38)60-30(2)52)24-45-14-15-46-34(55)25-47-16-18-48(26-35(56)64-42(5,6)7)20-22-50(28-37(58)66-44(11,12)13)23-21-49(19-17-47)27-36(57)65-43(8,9)10/h33,38-41,45H,14-28H2,1-13H3,(H,46,55)/t33-,38-,39?,40?,41-/m1/s1. The zero-order valence-corrected chi connectivity index (χ0v) is 41.3. The lowest BCUT2D eigenvalue weighted by Gasteiger charge is -2.43. The molecule has 2 aliphatic heterocycles. The van der Waals surface area contributed by atoms with Crippen molar-refractivity contribution in [2.45, 2.75) is 138 Å². The van der Waals surface area contributed by atoms with Crippen LogP contribution in [-0.2, 0) is 76.3 Å². The van der Waals surface area contributed by atoms with Crippen LogP contribution in [-0.4, -0.2) is 213 Å². The number of esters is 7. The fourth-order valence-electron chi connectivity index (χ4n) is 6.95. The van der Waals surface area contributed by atoms with E-state index in [-0.39, 0.29) is 51.7 Å². The van der Waals surface area contributed by atoms with Gasteiger partial charge in [0.1, 0.15) is 22.9 Å². The van der Waals surface area contributed by atoms with E-state index >= 15 is 0 Å². The fraction of sp³-hybridized carbons (Fsp3) is 0.818. The van der Waals surface area contributed by atoms with E-state index in [9.17, 15) is 38.4 Å². The van der Waals surface area contributed by atoms with E-state index in [0.717, 1.165) is 27.7 Å². The summed E-state index contributed by atoms with van der Waals surface area (Å²) in [7, 11) is 0. The van der Waals surface area contributed by atoms with Crippen LogP contribution in [0.5, 0.6) is 0 Å². The van der Waals surface area contributed by atoms with Crippen LogP contribution in [0.25, 0.3) is 0 Å². The first-order valence-corrected chi connectivity index (χ1v) is 22.3. The summed E-state index contributed by atoms with van der Waals surface area (Å²) < 4.78 is 44.3. The molecule has 2 saturated heterocycles. The molecule has 2 aliphatic rings. The molecule has 378 valence electrons. The predicted molar refractivity (Wildman–Crippen MR) is 236 cm³/mol. The highest BCUT2D eigenvalue weighted by Gasteiger charge is 2.53. The second-order valence-electron chi connectivity index (χ2n) is 19.3. The maximum Gasteiger partial charge on any atom is 0.320 e. The molecule has 2 fully saturated rings. The lowest BCUT2D eigenvalue weighted by molar-refractivity contribution is -0.294. The minimum absolute atomic E-state index is 0.000416. The molecule has 1 amide bonds. The summed E-state index contributed by atoms with van der Waals surface area (Å²) in [4.78, 5) is 109. The van der Waals surface area contributed by atoms with Crippen LogP contribution >= 0.6 is 0 Å². The predicted octanol–water partition coefficient (Wildman–Crippen LogP) is 0.0220. The van der Waals surface area contributed by atoms with Crippen LogP contribution < -0.4 is 10.6 Å². The largest absolute Gasteiger partial charge is 0.459 e. The third-order valence-electron chi connectivity index (χ3n) is 9.36. The molecule has 2 rings (SSSR count). The molecule has 2 heterocycles. The van der Waals surface area contributed by atoms with E-state index in [2.05, 4.69) is 10.6 Å². The number of nitrogens with zero attached hydrogens (tertiary/aromatic N) is 4. The Morgan fingerprint density at radius 1 is 0.470 bits per heavy atom. The van der Waals surface area contributed by atoms with Gasteiger partial charge in [0.05, 0.1) is 26.2 Å². The average Bonchev–Trinajstić information content (AvgIpc) is 3.12. The average molecular weight is 945 g/mol. The summed E-state index contributed by atoms with van der Waals surface area (Å²) in [6.45, 7) is 23.8. The summed E-state index contributed by atoms with van der Waals surface area (Å²) in [6.07, 6.45) is -6.70. The molecular formula is C44H76N6O16. The van der Waals surface area contributed by atoms with Gasteiger partial charge >= 0.3 is 41.8 Å². The van der Waals surface area contributed by atoms with E-state index in [0.29, 0.717) is 52.4 Å². The highest BCUT2D eigenvalue weighted by Crippen LogP contribution is 2.29. The second kappa shape index (κ2) is 26.8. The minimum atomic E-state index is -1.51. The molecule has 0 saturated carbocycles. The summed E-state index contributed by atoms with van der Waals surface area (Å²) in [5.74, 6) is -4.64. The van der Waals surface area contributed by atoms with Crippen molar-refractivity contribution in [3.8, 4) is 0 Å². The highest BCUT2D eigenvalue weighted by molar-refractivity contribution is 5.78. The van der Waals surface area contributed by atoms with Crippen molar-refractivity contribution in [1.29, 1.82) is 0 Å². The van der Waals surface area contributed by atoms with E-state index in [1.54, 1.807) is 62.3 Å². The van der Waals surface area contributed by atoms with Gasteiger partial charge in [0.2, 0.25) is 18.3 Å². The quantitative estimate of drug-likeness (QED) is 0.111. The maximum atomic E-state index is 13.5. The van der Waals surface area contributed by atoms with Gasteiger partial charge in [-0.2, -0.15) is 0 Å². The van der Waals surface area contributed by atoms with Crippen LogP contribution in [0.4, 0.5) is 0 Å². The smallest absolute Gasteiger partial charge is 0.320 e. The maximum absolute atomic E-state index is 13.5. The molecule has 0 aromatic carbocycles. The summed E-state index contributed by atoms with van der Waals surface area (Å²) in [5.41, 5.74) is -2.10. The molecule has 0 radical (unpaired) electrons. The molecule has 2 unspecified atom stereocenters. The second-order valence-corrected chi connectivity index (χ2v) is 19.3. The van der Waals surface area contributed by atoms with Gasteiger partial charge in [0.15, 0.2) is 12.2 Å². The van der Waals surface area contributed by atoms with Crippen molar-refractivity contribution in [3.05, 3.63) is 0 Å². The molecule has 0 spiro atoms. The monoisotopic (exact) mass is 945 g/mol. The van der Waals surface area contributed by atoms with Crippen molar-refractivity contribution in [1.82, 2.24) is 30.2 Å². The summed E-state index contributed by atoms with van der Waals surface area (Å²) >= 11 is 0. The number of amides is 1. The Morgan fingerprint density at radius 2 is 0.803 bits per heavy atom. The molecule has 0 bridgehead atoms. The number of nitrogens with one attached hydrogen (secondary N) is 2. The Bertz CT molecular complexity index is 1600. The van der Waals surface area contributed by atoms with Crippen molar-refractivity contribution in [2.75, 3.05) is 98.2 Å². The zero-order valence-electron chi connectivity index (χ0n) is 41.3. The molecular weight excluding hydrogens is 869 g/mol. The van der Waals surface area contributed by atoms with Gasteiger partial charge in [0.25, 0.3) is 0 Å². The zero-order chi connectivity index (χ0) is 50.0. The summed E-state index contributed by atoms with van der Waals surface area (Å²) in [6, 6.07) is 0. The van der Waals surface area contributed by atoms with Crippen LogP contribution in [0.3, 0.4) is 0 Å². The van der Waals surface area contributed by atoms with Crippen LogP contribution in [0.15, 0.2) is 0 Å². The third kappa shape index (κ3) is 24.9. The number of rotatable bonds is 17. The van der Waals surface area contributed by atoms with E-state index in [4.69, 9.17) is 37.9 Å². The molecule has 0 aromatic rings. The molecule has 2 N–H and O–H groups in total. The number of hydrogen-bond donors (Lipinski definition) is 2. The third-order valence-corrected chi connectivity index (χ3v) is 9.36. The molecule has 5 atom stereocenters. The van der Waals surface area contributed by atoms with Gasteiger partial charge in [-0.05, 0) is 62.3 Å². The molecule has 0 aliphatic carbocycles. The molecule has 22 nitrogen and oxygen atoms in total. The van der Waals surface area contributed by atoms with Gasteiger partial charge in [0, 0.05) is 99.7 Å². The Hall–Kier alpha value is -4.48. The first-order chi connectivity index (χ1) is 30.5. The first kappa shape index (κ1) is 57.6. The van der Waals surface area contributed by atoms with Crippen LogP contribution in [0.2, 0.25) is 0 Å². The molecule has 0 aromatic heterocycles. The Kier molecular flexibility index (Phi) is 23.4. The Morgan fingerprint density at radius 3 is 1.15 bits per heavy atom. The minimum Gasteiger partial charge on any atom is -0.459 e. The number of carbonyl (C=O) groups excluding carboxylic acids is 8. The summed E-state index contributed by atoms with van der Waals surface area (Å²) in [5, 5.41) is 5.99. The van der Waals surface area contributed by atoms with E-state index < -0.39 is 89.3 Å². The van der Waals surface area contributed by atoms with Crippen LogP contribution in [0.1, 0.15) is 90.0 Å². The Labute approximate surface area is 389 Å². The SMILES string of the molecule is CC(=O)OC1C(OC(C)=O)[C@H](OC(C)=O)[C@@H](CNCCNC(=O)CN2CCN(CC(=O)OC(C)(C)C)CCN(CC(=O)OC(C)(C)C)CCN(CC(=O)OC(C)(C)C)CC2)O[C@H]1OC(C)=O. The van der Waals surface area contributed by atoms with Gasteiger partial charge < -0.3 is 48.5 Å². The van der Waals surface area contributed by atoms with E-state index in [1.165, 1.54) is 0 Å². The molecule has 22 heteroatoms. The normalized spacial score (nSPS) is 22.3. The van der Waals surface area contributed by atoms with Crippen molar-refractivity contribution < 1.29 is 76.3 Å². The van der Waals surface area contributed by atoms with Gasteiger partial charge in [-0.15, -0.1) is 0 Å². The van der Waals surface area contributed by atoms with Gasteiger partial charge in [-0.1, -0.05) is 0 Å². The lowest BCUT2D eigenvalue weighted by atomic mass is 9.97. The number of carbonyl (C=O) groups is 8. The van der Waals surface area contributed by atoms with Crippen molar-refractivity contribution >= 4 is 47.7 Å². The highest BCUT2D eigenvalue weighted by atomic mass is 16.7.